The molecule has 0 aliphatic carbocycles. The minimum absolute atomic E-state index is 0.0967. The van der Waals surface area contributed by atoms with Crippen molar-refractivity contribution in [2.45, 2.75) is 31.7 Å². The second-order valence-electron chi connectivity index (χ2n) is 5.46. The van der Waals surface area contributed by atoms with E-state index in [1.165, 1.54) is 0 Å². The molecule has 1 aliphatic heterocycles. The molecule has 1 amide bonds. The molecule has 19 heavy (non-hydrogen) atoms. The highest BCUT2D eigenvalue weighted by Gasteiger charge is 2.32. The number of benzene rings is 1. The smallest absolute Gasteiger partial charge is 0.305 e. The van der Waals surface area contributed by atoms with Crippen molar-refractivity contribution in [3.8, 4) is 0 Å². The monoisotopic (exact) mass is 262 g/mol. The van der Waals surface area contributed by atoms with Crippen molar-refractivity contribution in [2.24, 2.45) is 0 Å². The van der Waals surface area contributed by atoms with E-state index in [-0.39, 0.29) is 18.2 Å². The van der Waals surface area contributed by atoms with Crippen molar-refractivity contribution in [1.29, 1.82) is 0 Å². The summed E-state index contributed by atoms with van der Waals surface area (Å²) in [5, 5.41) is 14.8. The van der Waals surface area contributed by atoms with Gasteiger partial charge in [-0.25, -0.2) is 0 Å². The van der Waals surface area contributed by atoms with Gasteiger partial charge in [-0.05, 0) is 25.5 Å². The van der Waals surface area contributed by atoms with Gasteiger partial charge in [0.25, 0.3) is 0 Å². The number of fused-ring (bicyclic) bond motifs is 1. The van der Waals surface area contributed by atoms with E-state index in [9.17, 15) is 9.59 Å². The summed E-state index contributed by atoms with van der Waals surface area (Å²) < 4.78 is 0. The molecule has 5 nitrogen and oxygen atoms in total. The summed E-state index contributed by atoms with van der Waals surface area (Å²) in [6, 6.07) is 7.67. The molecule has 0 bridgehead atoms. The molecule has 1 aromatic carbocycles. The number of carboxylic acid groups (broad SMARTS) is 1. The van der Waals surface area contributed by atoms with E-state index >= 15 is 0 Å². The number of carboxylic acids is 1. The molecule has 1 aliphatic rings. The number of hydrogen-bond donors (Lipinski definition) is 3. The molecule has 2 rings (SSSR count). The van der Waals surface area contributed by atoms with Crippen LogP contribution in [0.3, 0.4) is 0 Å². The third-order valence-electron chi connectivity index (χ3n) is 3.20. The number of rotatable bonds is 4. The summed E-state index contributed by atoms with van der Waals surface area (Å²) >= 11 is 0. The first kappa shape index (κ1) is 13.4. The molecule has 1 heterocycles. The molecule has 0 saturated carbocycles. The number of carbonyl (C=O) groups excluding carboxylic acids is 1. The topological polar surface area (TPSA) is 78.4 Å². The Morgan fingerprint density at radius 2 is 2.11 bits per heavy atom. The molecule has 1 aromatic rings. The molecular weight excluding hydrogens is 244 g/mol. The van der Waals surface area contributed by atoms with E-state index < -0.39 is 11.5 Å². The molecule has 0 aromatic heterocycles. The third-order valence-corrected chi connectivity index (χ3v) is 3.20. The lowest BCUT2D eigenvalue weighted by Crippen LogP contribution is -2.47. The largest absolute Gasteiger partial charge is 0.481 e. The Bertz CT molecular complexity index is 511. The quantitative estimate of drug-likeness (QED) is 0.769. The third kappa shape index (κ3) is 3.05. The summed E-state index contributed by atoms with van der Waals surface area (Å²) in [5.74, 6) is -1.32. The van der Waals surface area contributed by atoms with E-state index in [1.807, 2.05) is 24.3 Å². The van der Waals surface area contributed by atoms with E-state index in [4.69, 9.17) is 5.11 Å². The van der Waals surface area contributed by atoms with Crippen LogP contribution in [0.5, 0.6) is 0 Å². The van der Waals surface area contributed by atoms with Crippen LogP contribution >= 0.6 is 0 Å². The van der Waals surface area contributed by atoms with E-state index in [2.05, 4.69) is 10.6 Å². The maximum atomic E-state index is 12.3. The first-order valence-electron chi connectivity index (χ1n) is 6.26. The van der Waals surface area contributed by atoms with Crippen LogP contribution < -0.4 is 10.6 Å². The average molecular weight is 262 g/mol. The van der Waals surface area contributed by atoms with Crippen molar-refractivity contribution in [3.05, 3.63) is 29.8 Å². The van der Waals surface area contributed by atoms with Crippen LogP contribution in [0.4, 0.5) is 5.69 Å². The number of hydrogen-bond acceptors (Lipinski definition) is 3. The van der Waals surface area contributed by atoms with Gasteiger partial charge in [-0.15, -0.1) is 0 Å². The average Bonchev–Trinajstić information content (AvgIpc) is 2.69. The molecule has 0 spiro atoms. The summed E-state index contributed by atoms with van der Waals surface area (Å²) in [4.78, 5) is 23.0. The van der Waals surface area contributed by atoms with Gasteiger partial charge >= 0.3 is 5.97 Å². The zero-order valence-electron chi connectivity index (χ0n) is 11.1. The molecule has 0 radical (unpaired) electrons. The molecular formula is C14H18N2O3. The summed E-state index contributed by atoms with van der Waals surface area (Å²) in [7, 11) is 0. The Morgan fingerprint density at radius 3 is 2.79 bits per heavy atom. The summed E-state index contributed by atoms with van der Waals surface area (Å²) in [6.07, 6.45) is -0.0967. The predicted molar refractivity (Wildman–Crippen MR) is 72.1 cm³/mol. The second kappa shape index (κ2) is 4.91. The van der Waals surface area contributed by atoms with Crippen LogP contribution in [0.1, 0.15) is 31.7 Å². The van der Waals surface area contributed by atoms with Gasteiger partial charge in [-0.2, -0.15) is 0 Å². The molecule has 1 unspecified atom stereocenters. The number of carbonyl (C=O) groups is 2. The molecule has 5 heteroatoms. The predicted octanol–water partition coefficient (Wildman–Crippen LogP) is 1.57. The number of aliphatic carboxylic acids is 1. The number of amides is 1. The normalized spacial score (nSPS) is 17.5. The lowest BCUT2D eigenvalue weighted by Gasteiger charge is -2.26. The standard InChI is InChI=1S/C14H18N2O3/c1-14(2,7-12(17)18)16-13(19)10-8-15-11-6-4-3-5-9(10)11/h3-6,10,15H,7-8H2,1-2H3,(H,16,19)(H,17,18). The minimum atomic E-state index is -0.921. The first-order valence-corrected chi connectivity index (χ1v) is 6.26. The molecule has 0 saturated heterocycles. The van der Waals surface area contributed by atoms with Gasteiger partial charge in [0.2, 0.25) is 5.91 Å². The van der Waals surface area contributed by atoms with Crippen molar-refractivity contribution >= 4 is 17.6 Å². The summed E-state index contributed by atoms with van der Waals surface area (Å²) in [6.45, 7) is 3.98. The van der Waals surface area contributed by atoms with Crippen LogP contribution in [0, 0.1) is 0 Å². The fraction of sp³-hybridized carbons (Fsp3) is 0.429. The SMILES string of the molecule is CC(C)(CC(=O)O)NC(=O)C1CNc2ccccc21. The van der Waals surface area contributed by atoms with E-state index in [1.54, 1.807) is 13.8 Å². The van der Waals surface area contributed by atoms with Gasteiger partial charge in [0, 0.05) is 17.8 Å². The molecule has 1 atom stereocenters. The van der Waals surface area contributed by atoms with Crippen molar-refractivity contribution < 1.29 is 14.7 Å². The van der Waals surface area contributed by atoms with Crippen LogP contribution in [0.15, 0.2) is 24.3 Å². The van der Waals surface area contributed by atoms with Crippen LogP contribution in [-0.2, 0) is 9.59 Å². The van der Waals surface area contributed by atoms with E-state index in [0.717, 1.165) is 11.3 Å². The lowest BCUT2D eigenvalue weighted by molar-refractivity contribution is -0.138. The Balaban J connectivity index is 2.08. The molecule has 0 fully saturated rings. The first-order chi connectivity index (χ1) is 8.89. The van der Waals surface area contributed by atoms with E-state index in [0.29, 0.717) is 6.54 Å². The lowest BCUT2D eigenvalue weighted by atomic mass is 9.96. The Hall–Kier alpha value is -2.04. The van der Waals surface area contributed by atoms with Crippen molar-refractivity contribution in [1.82, 2.24) is 5.32 Å². The Morgan fingerprint density at radius 1 is 1.42 bits per heavy atom. The number of anilines is 1. The second-order valence-corrected chi connectivity index (χ2v) is 5.46. The zero-order chi connectivity index (χ0) is 14.0. The van der Waals surface area contributed by atoms with Crippen LogP contribution in [0.25, 0.3) is 0 Å². The molecule has 102 valence electrons. The fourth-order valence-electron chi connectivity index (χ4n) is 2.36. The van der Waals surface area contributed by atoms with Gasteiger partial charge in [0.15, 0.2) is 0 Å². The van der Waals surface area contributed by atoms with Gasteiger partial charge in [0.1, 0.15) is 0 Å². The fourth-order valence-corrected chi connectivity index (χ4v) is 2.36. The zero-order valence-corrected chi connectivity index (χ0v) is 11.1. The van der Waals surface area contributed by atoms with Gasteiger partial charge < -0.3 is 15.7 Å². The maximum absolute atomic E-state index is 12.3. The van der Waals surface area contributed by atoms with Crippen LogP contribution in [0.2, 0.25) is 0 Å². The maximum Gasteiger partial charge on any atom is 0.305 e. The highest BCUT2D eigenvalue weighted by atomic mass is 16.4. The highest BCUT2D eigenvalue weighted by molar-refractivity contribution is 5.89. The summed E-state index contributed by atoms with van der Waals surface area (Å²) in [5.41, 5.74) is 1.19. The molecule has 3 N–H and O–H groups in total. The number of nitrogens with one attached hydrogen (secondary N) is 2. The van der Waals surface area contributed by atoms with Gasteiger partial charge in [-0.3, -0.25) is 9.59 Å². The number of para-hydroxylation sites is 1. The van der Waals surface area contributed by atoms with Crippen molar-refractivity contribution in [3.63, 3.8) is 0 Å². The van der Waals surface area contributed by atoms with Gasteiger partial charge in [-0.1, -0.05) is 18.2 Å². The van der Waals surface area contributed by atoms with Crippen molar-refractivity contribution in [2.75, 3.05) is 11.9 Å². The minimum Gasteiger partial charge on any atom is -0.481 e. The highest BCUT2D eigenvalue weighted by Crippen LogP contribution is 2.31. The Labute approximate surface area is 112 Å². The Kier molecular flexibility index (Phi) is 3.46. The van der Waals surface area contributed by atoms with Gasteiger partial charge in [0.05, 0.1) is 12.3 Å². The van der Waals surface area contributed by atoms with Crippen LogP contribution in [-0.4, -0.2) is 29.1 Å².